The fourth-order valence-electron chi connectivity index (χ4n) is 4.67. The summed E-state index contributed by atoms with van der Waals surface area (Å²) >= 11 is 0. The van der Waals surface area contributed by atoms with Crippen LogP contribution in [0.4, 0.5) is 11.8 Å². The predicted molar refractivity (Wildman–Crippen MR) is 140 cm³/mol. The number of fused-ring (bicyclic) bond motifs is 1. The Morgan fingerprint density at radius 2 is 2.00 bits per heavy atom. The molecule has 1 unspecified atom stereocenters. The minimum Gasteiger partial charge on any atom is -0.340 e. The van der Waals surface area contributed by atoms with Gasteiger partial charge >= 0.3 is 0 Å². The molecule has 192 valence electrons. The van der Waals surface area contributed by atoms with Crippen LogP contribution in [0.2, 0.25) is 0 Å². The van der Waals surface area contributed by atoms with E-state index in [1.54, 1.807) is 0 Å². The lowest BCUT2D eigenvalue weighted by atomic mass is 10.1. The molecule has 0 radical (unpaired) electrons. The topological polar surface area (TPSA) is 116 Å². The maximum atomic E-state index is 12.3. The molecule has 0 spiro atoms. The first kappa shape index (κ1) is 23.6. The first-order valence-corrected chi connectivity index (χ1v) is 13.1. The van der Waals surface area contributed by atoms with E-state index < -0.39 is 0 Å². The van der Waals surface area contributed by atoms with Gasteiger partial charge in [-0.2, -0.15) is 4.98 Å². The van der Waals surface area contributed by atoms with E-state index in [1.165, 1.54) is 5.56 Å². The summed E-state index contributed by atoms with van der Waals surface area (Å²) in [6, 6.07) is 9.94. The van der Waals surface area contributed by atoms with Crippen LogP contribution in [-0.4, -0.2) is 67.0 Å². The number of pyridine rings is 1. The lowest BCUT2D eigenvalue weighted by Crippen LogP contribution is -2.48. The van der Waals surface area contributed by atoms with E-state index in [0.717, 1.165) is 80.2 Å². The molecule has 2 aliphatic rings. The predicted octanol–water partition coefficient (Wildman–Crippen LogP) is 4.32. The number of carbonyl (C=O) groups is 1. The molecule has 2 N–H and O–H groups in total. The SMILES string of the molecule is CCC(C)c1noc(-c2ccc3nc(Nc4cc(CN5CCN(C(=O)C6CC6)CC5)ccn4)[nH]c3c2)n1. The van der Waals surface area contributed by atoms with Crippen molar-refractivity contribution >= 4 is 28.7 Å². The molecule has 4 aromatic rings. The van der Waals surface area contributed by atoms with Crippen molar-refractivity contribution in [3.63, 3.8) is 0 Å². The van der Waals surface area contributed by atoms with Gasteiger partial charge < -0.3 is 19.7 Å². The number of hydrogen-bond donors (Lipinski definition) is 2. The van der Waals surface area contributed by atoms with Crippen molar-refractivity contribution in [1.82, 2.24) is 34.9 Å². The van der Waals surface area contributed by atoms with Crippen molar-refractivity contribution in [3.05, 3.63) is 47.9 Å². The highest BCUT2D eigenvalue weighted by Gasteiger charge is 2.34. The number of carbonyl (C=O) groups excluding carboxylic acids is 1. The molecule has 1 aliphatic heterocycles. The highest BCUT2D eigenvalue weighted by atomic mass is 16.5. The largest absolute Gasteiger partial charge is 0.340 e. The number of aromatic amines is 1. The van der Waals surface area contributed by atoms with Gasteiger partial charge in [0.05, 0.1) is 11.0 Å². The van der Waals surface area contributed by atoms with Crippen LogP contribution < -0.4 is 5.32 Å². The summed E-state index contributed by atoms with van der Waals surface area (Å²) in [6.07, 6.45) is 4.91. The summed E-state index contributed by atoms with van der Waals surface area (Å²) in [7, 11) is 0. The van der Waals surface area contributed by atoms with Crippen molar-refractivity contribution in [1.29, 1.82) is 0 Å². The fourth-order valence-corrected chi connectivity index (χ4v) is 4.67. The van der Waals surface area contributed by atoms with Gasteiger partial charge in [-0.25, -0.2) is 9.97 Å². The molecule has 2 fully saturated rings. The minimum atomic E-state index is 0.258. The fraction of sp³-hybridized carbons (Fsp3) is 0.444. The van der Waals surface area contributed by atoms with Gasteiger partial charge in [0.25, 0.3) is 5.89 Å². The number of benzene rings is 1. The van der Waals surface area contributed by atoms with Gasteiger partial charge in [-0.1, -0.05) is 19.0 Å². The van der Waals surface area contributed by atoms with Crippen LogP contribution in [0.1, 0.15) is 50.4 Å². The molecule has 1 saturated carbocycles. The smallest absolute Gasteiger partial charge is 0.258 e. The van der Waals surface area contributed by atoms with Crippen LogP contribution in [0.3, 0.4) is 0 Å². The average Bonchev–Trinajstić information content (AvgIpc) is 3.51. The third-order valence-electron chi connectivity index (χ3n) is 7.31. The van der Waals surface area contributed by atoms with Crippen molar-refractivity contribution in [3.8, 4) is 11.5 Å². The van der Waals surface area contributed by atoms with E-state index in [-0.39, 0.29) is 5.92 Å². The van der Waals surface area contributed by atoms with Crippen LogP contribution in [-0.2, 0) is 11.3 Å². The van der Waals surface area contributed by atoms with E-state index in [0.29, 0.717) is 23.7 Å². The van der Waals surface area contributed by atoms with Gasteiger partial charge in [0, 0.05) is 56.3 Å². The number of aromatic nitrogens is 5. The van der Waals surface area contributed by atoms with E-state index in [2.05, 4.69) is 55.2 Å². The van der Waals surface area contributed by atoms with Crippen LogP contribution in [0.5, 0.6) is 0 Å². The quantitative estimate of drug-likeness (QED) is 0.367. The van der Waals surface area contributed by atoms with Gasteiger partial charge in [0.1, 0.15) is 5.82 Å². The Kier molecular flexibility index (Phi) is 6.33. The highest BCUT2D eigenvalue weighted by molar-refractivity contribution is 5.82. The molecule has 37 heavy (non-hydrogen) atoms. The maximum absolute atomic E-state index is 12.3. The van der Waals surface area contributed by atoms with Gasteiger partial charge in [-0.15, -0.1) is 0 Å². The Morgan fingerprint density at radius 3 is 2.78 bits per heavy atom. The standard InChI is InChI=1S/C27H32N8O2/c1-3-17(2)24-32-25(37-33-24)20-6-7-21-22(15-20)30-27(29-21)31-23-14-18(8-9-28-23)16-34-10-12-35(13-11-34)26(36)19-4-5-19/h6-9,14-15,17,19H,3-5,10-13,16H2,1-2H3,(H2,28,29,30,31). The highest BCUT2D eigenvalue weighted by Crippen LogP contribution is 2.31. The summed E-state index contributed by atoms with van der Waals surface area (Å²) in [4.78, 5) is 33.7. The number of rotatable bonds is 8. The Hall–Kier alpha value is -3.79. The van der Waals surface area contributed by atoms with Crippen molar-refractivity contribution < 1.29 is 9.32 Å². The monoisotopic (exact) mass is 500 g/mol. The van der Waals surface area contributed by atoms with Gasteiger partial charge in [-0.05, 0) is 55.2 Å². The summed E-state index contributed by atoms with van der Waals surface area (Å²) < 4.78 is 5.49. The van der Waals surface area contributed by atoms with E-state index in [9.17, 15) is 4.79 Å². The average molecular weight is 501 g/mol. The zero-order chi connectivity index (χ0) is 25.4. The number of H-pyrrole nitrogens is 1. The molecule has 4 heterocycles. The molecular weight excluding hydrogens is 468 g/mol. The van der Waals surface area contributed by atoms with Crippen molar-refractivity contribution in [2.45, 2.75) is 45.6 Å². The lowest BCUT2D eigenvalue weighted by molar-refractivity contribution is -0.134. The maximum Gasteiger partial charge on any atom is 0.258 e. The molecule has 1 saturated heterocycles. The van der Waals surface area contributed by atoms with Crippen molar-refractivity contribution in [2.24, 2.45) is 5.92 Å². The molecule has 3 aromatic heterocycles. The number of hydrogen-bond acceptors (Lipinski definition) is 8. The second-order valence-electron chi connectivity index (χ2n) is 10.1. The molecule has 1 aromatic carbocycles. The zero-order valence-corrected chi connectivity index (χ0v) is 21.3. The number of imidazole rings is 1. The van der Waals surface area contributed by atoms with Crippen LogP contribution in [0.25, 0.3) is 22.5 Å². The summed E-state index contributed by atoms with van der Waals surface area (Å²) in [5, 5.41) is 7.42. The molecule has 1 atom stereocenters. The zero-order valence-electron chi connectivity index (χ0n) is 21.3. The van der Waals surface area contributed by atoms with Gasteiger partial charge in [-0.3, -0.25) is 9.69 Å². The van der Waals surface area contributed by atoms with Crippen LogP contribution in [0.15, 0.2) is 41.1 Å². The number of nitrogens with one attached hydrogen (secondary N) is 2. The van der Waals surface area contributed by atoms with E-state index in [1.807, 2.05) is 35.4 Å². The van der Waals surface area contributed by atoms with Crippen molar-refractivity contribution in [2.75, 3.05) is 31.5 Å². The number of amides is 1. The number of anilines is 2. The number of nitrogens with zero attached hydrogens (tertiary/aromatic N) is 6. The molecule has 1 aliphatic carbocycles. The van der Waals surface area contributed by atoms with E-state index >= 15 is 0 Å². The summed E-state index contributed by atoms with van der Waals surface area (Å²) in [5.74, 6) is 3.49. The Balaban J connectivity index is 1.10. The van der Waals surface area contributed by atoms with E-state index in [4.69, 9.17) is 4.52 Å². The van der Waals surface area contributed by atoms with Crippen LogP contribution in [0, 0.1) is 5.92 Å². The van der Waals surface area contributed by atoms with Gasteiger partial charge in [0.2, 0.25) is 11.9 Å². The van der Waals surface area contributed by atoms with Gasteiger partial charge in [0.15, 0.2) is 5.82 Å². The Bertz CT molecular complexity index is 1400. The molecular formula is C27H32N8O2. The minimum absolute atomic E-state index is 0.258. The summed E-state index contributed by atoms with van der Waals surface area (Å²) in [6.45, 7) is 8.45. The first-order valence-electron chi connectivity index (χ1n) is 13.1. The second-order valence-corrected chi connectivity index (χ2v) is 10.1. The molecule has 10 heteroatoms. The summed E-state index contributed by atoms with van der Waals surface area (Å²) in [5.41, 5.74) is 3.73. The van der Waals surface area contributed by atoms with Crippen LogP contribution >= 0.6 is 0 Å². The lowest BCUT2D eigenvalue weighted by Gasteiger charge is -2.34. The normalized spacial score (nSPS) is 17.3. The Morgan fingerprint density at radius 1 is 1.16 bits per heavy atom. The number of piperazine rings is 1. The molecule has 0 bridgehead atoms. The molecule has 10 nitrogen and oxygen atoms in total. The third kappa shape index (κ3) is 5.20. The molecule has 6 rings (SSSR count). The molecule has 1 amide bonds. The third-order valence-corrected chi connectivity index (χ3v) is 7.31. The Labute approximate surface area is 215 Å². The second kappa shape index (κ2) is 9.93. The first-order chi connectivity index (χ1) is 18.1.